The molecule has 4 rings (SSSR count). The highest BCUT2D eigenvalue weighted by atomic mass is 35.5. The van der Waals surface area contributed by atoms with Crippen molar-refractivity contribution in [2.45, 2.75) is 18.9 Å². The van der Waals surface area contributed by atoms with Gasteiger partial charge in [-0.15, -0.1) is 0 Å². The molecule has 32 heavy (non-hydrogen) atoms. The van der Waals surface area contributed by atoms with E-state index in [1.807, 2.05) is 65.3 Å². The van der Waals surface area contributed by atoms with Crippen LogP contribution >= 0.6 is 11.6 Å². The van der Waals surface area contributed by atoms with Gasteiger partial charge in [-0.2, -0.15) is 0 Å². The highest BCUT2D eigenvalue weighted by Gasteiger charge is 2.20. The second-order valence-electron chi connectivity index (χ2n) is 7.42. The van der Waals surface area contributed by atoms with Crippen LogP contribution in [-0.2, 0) is 11.2 Å². The third kappa shape index (κ3) is 5.34. The molecule has 0 spiro atoms. The number of benzene rings is 2. The number of rotatable bonds is 8. The number of nitrogens with zero attached hydrogens (tertiary/aromatic N) is 2. The number of nitrogens with one attached hydrogen (secondary N) is 2. The first-order chi connectivity index (χ1) is 15.6. The zero-order chi connectivity index (χ0) is 22.3. The van der Waals surface area contributed by atoms with E-state index in [4.69, 9.17) is 11.6 Å². The lowest BCUT2D eigenvalue weighted by Crippen LogP contribution is -2.34. The quantitative estimate of drug-likeness (QED) is 0.425. The molecule has 2 N–H and O–H groups in total. The third-order valence-corrected chi connectivity index (χ3v) is 5.46. The monoisotopic (exact) mass is 446 g/mol. The fraction of sp³-hybridized carbons (Fsp3) is 0.160. The topological polar surface area (TPSA) is 75.5 Å². The first kappa shape index (κ1) is 21.6. The lowest BCUT2D eigenvalue weighted by atomic mass is 10.0. The minimum Gasteiger partial charge on any atom is -0.356 e. The number of aromatic nitrogens is 2. The molecule has 0 saturated carbocycles. The third-order valence-electron chi connectivity index (χ3n) is 5.13. The van der Waals surface area contributed by atoms with Gasteiger partial charge in [0.15, 0.2) is 0 Å². The number of imidazole rings is 1. The summed E-state index contributed by atoms with van der Waals surface area (Å²) in [7, 11) is 0. The summed E-state index contributed by atoms with van der Waals surface area (Å²) in [5.41, 5.74) is 3.01. The molecule has 0 radical (unpaired) electrons. The van der Waals surface area contributed by atoms with Crippen molar-refractivity contribution in [3.63, 3.8) is 0 Å². The first-order valence-corrected chi connectivity index (χ1v) is 10.8. The van der Waals surface area contributed by atoms with Gasteiger partial charge in [-0.1, -0.05) is 60.1 Å². The number of fused-ring (bicyclic) bond motifs is 1. The molecule has 6 nitrogen and oxygen atoms in total. The molecule has 2 amide bonds. The maximum absolute atomic E-state index is 12.8. The molecule has 7 heteroatoms. The molecule has 2 aromatic heterocycles. The first-order valence-electron chi connectivity index (χ1n) is 10.4. The second kappa shape index (κ2) is 10.1. The zero-order valence-corrected chi connectivity index (χ0v) is 18.1. The van der Waals surface area contributed by atoms with Crippen LogP contribution in [-0.4, -0.2) is 27.7 Å². The van der Waals surface area contributed by atoms with Crippen LogP contribution in [0.5, 0.6) is 0 Å². The van der Waals surface area contributed by atoms with Crippen molar-refractivity contribution < 1.29 is 9.59 Å². The molecule has 0 aliphatic heterocycles. The highest BCUT2D eigenvalue weighted by molar-refractivity contribution is 6.33. The van der Waals surface area contributed by atoms with Crippen molar-refractivity contribution in [3.05, 3.63) is 107 Å². The fourth-order valence-electron chi connectivity index (χ4n) is 3.51. The Morgan fingerprint density at radius 1 is 0.969 bits per heavy atom. The molecular weight excluding hydrogens is 424 g/mol. The van der Waals surface area contributed by atoms with Crippen molar-refractivity contribution in [2.24, 2.45) is 0 Å². The summed E-state index contributed by atoms with van der Waals surface area (Å²) in [6.07, 6.45) is 4.63. The summed E-state index contributed by atoms with van der Waals surface area (Å²) in [6, 6.07) is 21.6. The van der Waals surface area contributed by atoms with Gasteiger partial charge in [-0.3, -0.25) is 9.59 Å². The molecule has 1 atom stereocenters. The summed E-state index contributed by atoms with van der Waals surface area (Å²) < 4.78 is 1.95. The van der Waals surface area contributed by atoms with Crippen LogP contribution in [0.3, 0.4) is 0 Å². The van der Waals surface area contributed by atoms with E-state index in [0.717, 1.165) is 16.9 Å². The maximum Gasteiger partial charge on any atom is 0.253 e. The Labute approximate surface area is 191 Å². The van der Waals surface area contributed by atoms with Gasteiger partial charge < -0.3 is 15.0 Å². The Morgan fingerprint density at radius 2 is 1.72 bits per heavy atom. The number of hydrogen-bond donors (Lipinski definition) is 2. The van der Waals surface area contributed by atoms with Crippen LogP contribution in [0, 0.1) is 0 Å². The zero-order valence-electron chi connectivity index (χ0n) is 17.4. The van der Waals surface area contributed by atoms with E-state index >= 15 is 0 Å². The van der Waals surface area contributed by atoms with Crippen molar-refractivity contribution in [3.8, 4) is 0 Å². The number of hydrogen-bond acceptors (Lipinski definition) is 3. The lowest BCUT2D eigenvalue weighted by Gasteiger charge is -2.19. The van der Waals surface area contributed by atoms with Gasteiger partial charge in [0.2, 0.25) is 5.91 Å². The number of carbonyl (C=O) groups excluding carboxylic acids is 2. The van der Waals surface area contributed by atoms with Gasteiger partial charge in [-0.25, -0.2) is 4.98 Å². The van der Waals surface area contributed by atoms with Crippen LogP contribution < -0.4 is 10.6 Å². The molecule has 4 aromatic rings. The second-order valence-corrected chi connectivity index (χ2v) is 7.83. The Bertz CT molecular complexity index is 1190. The van der Waals surface area contributed by atoms with Crippen LogP contribution in [0.1, 0.15) is 34.1 Å². The van der Waals surface area contributed by atoms with Crippen LogP contribution in [0.25, 0.3) is 5.65 Å². The molecule has 2 heterocycles. The van der Waals surface area contributed by atoms with Gasteiger partial charge in [0.1, 0.15) is 5.65 Å². The molecule has 1 unspecified atom stereocenters. The van der Waals surface area contributed by atoms with Gasteiger partial charge >= 0.3 is 0 Å². The molecule has 0 bridgehead atoms. The van der Waals surface area contributed by atoms with Gasteiger partial charge in [0, 0.05) is 25.4 Å². The van der Waals surface area contributed by atoms with Gasteiger partial charge in [0.05, 0.1) is 28.7 Å². The summed E-state index contributed by atoms with van der Waals surface area (Å²) in [4.78, 5) is 30.0. The van der Waals surface area contributed by atoms with Crippen LogP contribution in [0.4, 0.5) is 0 Å². The smallest absolute Gasteiger partial charge is 0.253 e. The van der Waals surface area contributed by atoms with E-state index in [2.05, 4.69) is 15.6 Å². The Morgan fingerprint density at radius 3 is 2.50 bits per heavy atom. The van der Waals surface area contributed by atoms with Crippen molar-refractivity contribution in [2.75, 3.05) is 6.54 Å². The molecule has 0 fully saturated rings. The predicted molar refractivity (Wildman–Crippen MR) is 125 cm³/mol. The number of amides is 2. The summed E-state index contributed by atoms with van der Waals surface area (Å²) in [5.74, 6) is -0.468. The average Bonchev–Trinajstić information content (AvgIpc) is 3.22. The molecule has 2 aromatic carbocycles. The highest BCUT2D eigenvalue weighted by Crippen LogP contribution is 2.20. The standard InChI is InChI=1S/C25H23ClN4O2/c26-21-11-5-4-10-20(21)25(32)29-22(18-8-2-1-3-9-18)16-24(31)27-14-13-19-17-30-15-7-6-12-23(30)28-19/h1-12,15,17,22H,13-14,16H2,(H,27,31)(H,29,32). The number of halogens is 1. The molecule has 0 saturated heterocycles. The Hall–Kier alpha value is -3.64. The summed E-state index contributed by atoms with van der Waals surface area (Å²) in [6.45, 7) is 0.461. The fourth-order valence-corrected chi connectivity index (χ4v) is 3.74. The largest absolute Gasteiger partial charge is 0.356 e. The maximum atomic E-state index is 12.8. The molecule has 162 valence electrons. The van der Waals surface area contributed by atoms with E-state index in [-0.39, 0.29) is 18.2 Å². The van der Waals surface area contributed by atoms with E-state index < -0.39 is 6.04 Å². The minimum absolute atomic E-state index is 0.116. The minimum atomic E-state index is -0.477. The normalized spacial score (nSPS) is 11.8. The number of carbonyl (C=O) groups is 2. The lowest BCUT2D eigenvalue weighted by molar-refractivity contribution is -0.121. The van der Waals surface area contributed by atoms with E-state index in [0.29, 0.717) is 23.6 Å². The van der Waals surface area contributed by atoms with Crippen LogP contribution in [0.2, 0.25) is 5.02 Å². The summed E-state index contributed by atoms with van der Waals surface area (Å²) in [5, 5.41) is 6.25. The molecule has 0 aliphatic carbocycles. The number of pyridine rings is 1. The summed E-state index contributed by atoms with van der Waals surface area (Å²) >= 11 is 6.16. The van der Waals surface area contributed by atoms with Gasteiger partial charge in [-0.05, 0) is 29.8 Å². The van der Waals surface area contributed by atoms with E-state index in [9.17, 15) is 9.59 Å². The van der Waals surface area contributed by atoms with Crippen LogP contribution in [0.15, 0.2) is 85.2 Å². The van der Waals surface area contributed by atoms with Gasteiger partial charge in [0.25, 0.3) is 5.91 Å². The Balaban J connectivity index is 1.38. The average molecular weight is 447 g/mol. The van der Waals surface area contributed by atoms with E-state index in [1.54, 1.807) is 24.3 Å². The molecule has 0 aliphatic rings. The molecular formula is C25H23ClN4O2. The van der Waals surface area contributed by atoms with E-state index in [1.165, 1.54) is 0 Å². The van der Waals surface area contributed by atoms with Crippen molar-refractivity contribution in [1.29, 1.82) is 0 Å². The SMILES string of the molecule is O=C(CC(NC(=O)c1ccccc1Cl)c1ccccc1)NCCc1cn2ccccc2n1. The predicted octanol–water partition coefficient (Wildman–Crippen LogP) is 4.21. The Kier molecular flexibility index (Phi) is 6.82. The van der Waals surface area contributed by atoms with Crippen molar-refractivity contribution in [1.82, 2.24) is 20.0 Å². The van der Waals surface area contributed by atoms with Crippen molar-refractivity contribution >= 4 is 29.1 Å².